The first-order chi connectivity index (χ1) is 9.86. The Bertz CT molecular complexity index is 589. The van der Waals surface area contributed by atoms with E-state index in [-0.39, 0.29) is 11.9 Å². The highest BCUT2D eigenvalue weighted by Gasteiger charge is 2.40. The first-order valence-corrected chi connectivity index (χ1v) is 6.97. The minimum absolute atomic E-state index is 0.00963. The number of carbonyl (C=O) groups excluding carboxylic acids is 2. The molecule has 0 aromatic heterocycles. The monoisotopic (exact) mass is 285 g/mol. The Balaban J connectivity index is 2.14. The lowest BCUT2D eigenvalue weighted by atomic mass is 9.94. The van der Waals surface area contributed by atoms with Gasteiger partial charge < -0.3 is 10.2 Å². The molecule has 1 saturated heterocycles. The maximum absolute atomic E-state index is 12.5. The van der Waals surface area contributed by atoms with Crippen LogP contribution in [-0.2, 0) is 9.59 Å². The molecule has 2 amide bonds. The topological polar surface area (TPSA) is 73.2 Å². The summed E-state index contributed by atoms with van der Waals surface area (Å²) < 4.78 is 0. The number of carbonyl (C=O) groups is 2. The van der Waals surface area contributed by atoms with Gasteiger partial charge in [-0.1, -0.05) is 18.2 Å². The van der Waals surface area contributed by atoms with E-state index in [0.717, 1.165) is 5.69 Å². The van der Waals surface area contributed by atoms with Crippen LogP contribution in [0.2, 0.25) is 0 Å². The zero-order valence-electron chi connectivity index (χ0n) is 12.5. The second kappa shape index (κ2) is 5.57. The lowest BCUT2D eigenvalue weighted by Crippen LogP contribution is -2.46. The minimum Gasteiger partial charge on any atom is -0.343 e. The Kier molecular flexibility index (Phi) is 3.99. The quantitative estimate of drug-likeness (QED) is 0.921. The van der Waals surface area contributed by atoms with Crippen molar-refractivity contribution in [2.75, 3.05) is 4.90 Å². The maximum Gasteiger partial charge on any atom is 0.249 e. The van der Waals surface area contributed by atoms with Gasteiger partial charge in [-0.2, -0.15) is 5.26 Å². The van der Waals surface area contributed by atoms with Crippen LogP contribution in [0.1, 0.15) is 27.2 Å². The van der Waals surface area contributed by atoms with Crippen molar-refractivity contribution in [1.29, 1.82) is 5.26 Å². The van der Waals surface area contributed by atoms with Crippen molar-refractivity contribution in [3.8, 4) is 6.07 Å². The van der Waals surface area contributed by atoms with Gasteiger partial charge in [0.25, 0.3) is 0 Å². The summed E-state index contributed by atoms with van der Waals surface area (Å²) >= 11 is 0. The first-order valence-electron chi connectivity index (χ1n) is 6.97. The molecule has 110 valence electrons. The summed E-state index contributed by atoms with van der Waals surface area (Å²) in [6, 6.07) is 10.8. The van der Waals surface area contributed by atoms with Crippen molar-refractivity contribution in [1.82, 2.24) is 5.32 Å². The molecule has 2 atom stereocenters. The lowest BCUT2D eigenvalue weighted by Gasteiger charge is -2.22. The number of nitrogens with one attached hydrogen (secondary N) is 1. The Hall–Kier alpha value is -2.35. The van der Waals surface area contributed by atoms with Crippen LogP contribution in [0.5, 0.6) is 0 Å². The van der Waals surface area contributed by atoms with E-state index < -0.39 is 17.4 Å². The number of hydrogen-bond donors (Lipinski definition) is 1. The zero-order valence-corrected chi connectivity index (χ0v) is 12.5. The molecule has 1 aromatic carbocycles. The SMILES string of the molecule is C[C@H]1C[C@@H](NC(=O)C(C)(C)C#N)C(=O)N1c1ccccc1. The van der Waals surface area contributed by atoms with Crippen LogP contribution in [0, 0.1) is 16.7 Å². The van der Waals surface area contributed by atoms with Crippen LogP contribution in [0.4, 0.5) is 5.69 Å². The molecular formula is C16H19N3O2. The highest BCUT2D eigenvalue weighted by atomic mass is 16.2. The highest BCUT2D eigenvalue weighted by molar-refractivity contribution is 6.02. The molecule has 1 aliphatic heterocycles. The van der Waals surface area contributed by atoms with E-state index in [4.69, 9.17) is 5.26 Å². The number of rotatable bonds is 3. The van der Waals surface area contributed by atoms with Crippen molar-refractivity contribution in [2.24, 2.45) is 5.41 Å². The second-order valence-electron chi connectivity index (χ2n) is 5.89. The van der Waals surface area contributed by atoms with Crippen molar-refractivity contribution in [3.63, 3.8) is 0 Å². The lowest BCUT2D eigenvalue weighted by molar-refractivity contribution is -0.130. The van der Waals surface area contributed by atoms with Gasteiger partial charge in [0.1, 0.15) is 11.5 Å². The van der Waals surface area contributed by atoms with E-state index in [9.17, 15) is 9.59 Å². The second-order valence-corrected chi connectivity index (χ2v) is 5.89. The van der Waals surface area contributed by atoms with E-state index in [1.807, 2.05) is 43.3 Å². The van der Waals surface area contributed by atoms with E-state index in [1.54, 1.807) is 18.7 Å². The molecule has 5 nitrogen and oxygen atoms in total. The van der Waals surface area contributed by atoms with Crippen LogP contribution in [0.15, 0.2) is 30.3 Å². The number of nitrogens with zero attached hydrogens (tertiary/aromatic N) is 2. The number of para-hydroxylation sites is 1. The number of anilines is 1. The fraction of sp³-hybridized carbons (Fsp3) is 0.438. The fourth-order valence-electron chi connectivity index (χ4n) is 2.41. The van der Waals surface area contributed by atoms with Crippen LogP contribution in [0.25, 0.3) is 0 Å². The zero-order chi connectivity index (χ0) is 15.6. The van der Waals surface area contributed by atoms with Gasteiger partial charge in [-0.25, -0.2) is 0 Å². The van der Waals surface area contributed by atoms with Crippen LogP contribution < -0.4 is 10.2 Å². The van der Waals surface area contributed by atoms with E-state index >= 15 is 0 Å². The molecule has 5 heteroatoms. The number of hydrogen-bond acceptors (Lipinski definition) is 3. The number of amides is 2. The Labute approximate surface area is 124 Å². The van der Waals surface area contributed by atoms with Gasteiger partial charge in [-0.3, -0.25) is 9.59 Å². The van der Waals surface area contributed by atoms with Gasteiger partial charge in [0.15, 0.2) is 0 Å². The van der Waals surface area contributed by atoms with E-state index in [0.29, 0.717) is 6.42 Å². The summed E-state index contributed by atoms with van der Waals surface area (Å²) in [4.78, 5) is 26.2. The molecule has 0 unspecified atom stereocenters. The Morgan fingerprint density at radius 3 is 2.57 bits per heavy atom. The molecule has 0 radical (unpaired) electrons. The summed E-state index contributed by atoms with van der Waals surface area (Å²) in [7, 11) is 0. The van der Waals surface area contributed by atoms with Crippen molar-refractivity contribution >= 4 is 17.5 Å². The Morgan fingerprint density at radius 1 is 1.38 bits per heavy atom. The highest BCUT2D eigenvalue weighted by Crippen LogP contribution is 2.27. The summed E-state index contributed by atoms with van der Waals surface area (Å²) in [5, 5.41) is 11.7. The molecule has 1 heterocycles. The molecule has 1 aromatic rings. The minimum atomic E-state index is -1.14. The summed E-state index contributed by atoms with van der Waals surface area (Å²) in [5.41, 5.74) is -0.310. The van der Waals surface area contributed by atoms with Gasteiger partial charge in [-0.05, 0) is 39.3 Å². The average Bonchev–Trinajstić information content (AvgIpc) is 2.74. The summed E-state index contributed by atoms with van der Waals surface area (Å²) in [6.45, 7) is 5.03. The fourth-order valence-corrected chi connectivity index (χ4v) is 2.41. The van der Waals surface area contributed by atoms with Crippen LogP contribution >= 0.6 is 0 Å². The summed E-state index contributed by atoms with van der Waals surface area (Å²) in [5.74, 6) is -0.541. The van der Waals surface area contributed by atoms with E-state index in [2.05, 4.69) is 5.32 Å². The van der Waals surface area contributed by atoms with Gasteiger partial charge in [-0.15, -0.1) is 0 Å². The van der Waals surface area contributed by atoms with Gasteiger partial charge in [0, 0.05) is 11.7 Å². The molecule has 21 heavy (non-hydrogen) atoms. The average molecular weight is 285 g/mol. The Morgan fingerprint density at radius 2 is 2.00 bits per heavy atom. The number of benzene rings is 1. The largest absolute Gasteiger partial charge is 0.343 e. The maximum atomic E-state index is 12.5. The third-order valence-electron chi connectivity index (χ3n) is 3.74. The van der Waals surface area contributed by atoms with Gasteiger partial charge >= 0.3 is 0 Å². The molecule has 2 rings (SSSR count). The summed E-state index contributed by atoms with van der Waals surface area (Å²) in [6.07, 6.45) is 0.543. The molecule has 0 bridgehead atoms. The van der Waals surface area contributed by atoms with Gasteiger partial charge in [0.2, 0.25) is 11.8 Å². The van der Waals surface area contributed by atoms with Crippen molar-refractivity contribution in [2.45, 2.75) is 39.3 Å². The molecule has 1 N–H and O–H groups in total. The van der Waals surface area contributed by atoms with Crippen LogP contribution in [0.3, 0.4) is 0 Å². The van der Waals surface area contributed by atoms with Crippen molar-refractivity contribution < 1.29 is 9.59 Å². The number of nitriles is 1. The first kappa shape index (κ1) is 15.0. The molecule has 1 fully saturated rings. The van der Waals surface area contributed by atoms with Crippen LogP contribution in [-0.4, -0.2) is 23.9 Å². The molecular weight excluding hydrogens is 266 g/mol. The van der Waals surface area contributed by atoms with Crippen molar-refractivity contribution in [3.05, 3.63) is 30.3 Å². The predicted molar refractivity (Wildman–Crippen MR) is 79.3 cm³/mol. The smallest absolute Gasteiger partial charge is 0.249 e. The van der Waals surface area contributed by atoms with E-state index in [1.165, 1.54) is 0 Å². The predicted octanol–water partition coefficient (Wildman–Crippen LogP) is 1.85. The molecule has 1 aliphatic rings. The molecule has 0 saturated carbocycles. The standard InChI is InChI=1S/C16H19N3O2/c1-11-9-13(18-15(21)16(2,3)10-17)14(20)19(11)12-7-5-4-6-8-12/h4-8,11,13H,9H2,1-3H3,(H,18,21)/t11-,13+/m0/s1. The third kappa shape index (κ3) is 2.89. The van der Waals surface area contributed by atoms with Gasteiger partial charge in [0.05, 0.1) is 6.07 Å². The normalized spacial score (nSPS) is 22.0. The molecule has 0 spiro atoms. The molecule has 0 aliphatic carbocycles. The third-order valence-corrected chi connectivity index (χ3v) is 3.74.